The van der Waals surface area contributed by atoms with Crippen molar-refractivity contribution >= 4 is 17.9 Å². The lowest BCUT2D eigenvalue weighted by molar-refractivity contribution is -0.141. The van der Waals surface area contributed by atoms with Gasteiger partial charge in [0.15, 0.2) is 0 Å². The van der Waals surface area contributed by atoms with Gasteiger partial charge in [0, 0.05) is 32.1 Å². The van der Waals surface area contributed by atoms with Crippen LogP contribution in [0.15, 0.2) is 0 Å². The maximum Gasteiger partial charge on any atom is 0.317 e. The first-order valence-electron chi connectivity index (χ1n) is 7.51. The molecule has 1 heterocycles. The fourth-order valence-corrected chi connectivity index (χ4v) is 3.15. The minimum atomic E-state index is -0.779. The molecule has 2 unspecified atom stereocenters. The smallest absolute Gasteiger partial charge is 0.317 e. The number of amides is 3. The maximum absolute atomic E-state index is 12.1. The summed E-state index contributed by atoms with van der Waals surface area (Å²) in [5.74, 6) is -1.09. The summed E-state index contributed by atoms with van der Waals surface area (Å²) in [7, 11) is 1.63. The van der Waals surface area contributed by atoms with Crippen LogP contribution in [0.1, 0.15) is 32.1 Å². The second-order valence-corrected chi connectivity index (χ2v) is 5.87. The molecule has 118 valence electrons. The molecule has 0 bridgehead atoms. The molecule has 21 heavy (non-hydrogen) atoms. The second kappa shape index (κ2) is 6.78. The number of hydrogen-bond donors (Lipinski definition) is 3. The number of urea groups is 1. The van der Waals surface area contributed by atoms with Gasteiger partial charge in [-0.25, -0.2) is 4.79 Å². The predicted molar refractivity (Wildman–Crippen MR) is 75.7 cm³/mol. The fourth-order valence-electron chi connectivity index (χ4n) is 3.15. The van der Waals surface area contributed by atoms with Gasteiger partial charge >= 0.3 is 12.0 Å². The van der Waals surface area contributed by atoms with Crippen molar-refractivity contribution in [3.8, 4) is 0 Å². The Morgan fingerprint density at radius 3 is 2.24 bits per heavy atom. The lowest BCUT2D eigenvalue weighted by Gasteiger charge is -2.32. The van der Waals surface area contributed by atoms with Crippen molar-refractivity contribution in [2.24, 2.45) is 11.8 Å². The van der Waals surface area contributed by atoms with Crippen molar-refractivity contribution in [3.63, 3.8) is 0 Å². The Balaban J connectivity index is 1.75. The van der Waals surface area contributed by atoms with Crippen LogP contribution in [-0.4, -0.2) is 54.1 Å². The number of rotatable bonds is 3. The molecule has 1 saturated carbocycles. The Kier molecular flexibility index (Phi) is 5.03. The Labute approximate surface area is 124 Å². The summed E-state index contributed by atoms with van der Waals surface area (Å²) in [5, 5.41) is 14.5. The summed E-state index contributed by atoms with van der Waals surface area (Å²) < 4.78 is 0. The molecular weight excluding hydrogens is 274 g/mol. The zero-order valence-electron chi connectivity index (χ0n) is 12.3. The van der Waals surface area contributed by atoms with E-state index in [9.17, 15) is 14.4 Å². The predicted octanol–water partition coefficient (Wildman–Crippen LogP) is 0.407. The van der Waals surface area contributed by atoms with Gasteiger partial charge in [0.05, 0.1) is 5.92 Å². The van der Waals surface area contributed by atoms with Gasteiger partial charge in [-0.2, -0.15) is 0 Å². The number of piperidine rings is 1. The zero-order chi connectivity index (χ0) is 15.4. The van der Waals surface area contributed by atoms with Crippen molar-refractivity contribution in [2.45, 2.75) is 38.1 Å². The van der Waals surface area contributed by atoms with Gasteiger partial charge in [0.1, 0.15) is 0 Å². The number of aliphatic carboxylic acids is 1. The molecule has 1 aliphatic carbocycles. The molecule has 0 aromatic rings. The third-order valence-electron chi connectivity index (χ3n) is 4.51. The molecule has 2 atom stereocenters. The van der Waals surface area contributed by atoms with Crippen LogP contribution in [0.3, 0.4) is 0 Å². The van der Waals surface area contributed by atoms with Crippen LogP contribution >= 0.6 is 0 Å². The monoisotopic (exact) mass is 297 g/mol. The first-order chi connectivity index (χ1) is 10.0. The second-order valence-electron chi connectivity index (χ2n) is 5.87. The van der Waals surface area contributed by atoms with Crippen molar-refractivity contribution < 1.29 is 19.5 Å². The van der Waals surface area contributed by atoms with Gasteiger partial charge in [-0.15, -0.1) is 0 Å². The third kappa shape index (κ3) is 3.86. The molecule has 1 aliphatic heterocycles. The van der Waals surface area contributed by atoms with Crippen molar-refractivity contribution in [1.29, 1.82) is 0 Å². The number of likely N-dealkylation sites (tertiary alicyclic amines) is 1. The van der Waals surface area contributed by atoms with Gasteiger partial charge in [-0.3, -0.25) is 9.59 Å². The normalized spacial score (nSPS) is 26.4. The Bertz CT molecular complexity index is 418. The minimum Gasteiger partial charge on any atom is -0.481 e. The SMILES string of the molecule is CNC(=O)C1CCN(C(=O)NC2CCC(C(=O)O)C2)CC1. The summed E-state index contributed by atoms with van der Waals surface area (Å²) in [6.45, 7) is 1.14. The molecule has 0 radical (unpaired) electrons. The van der Waals surface area contributed by atoms with Crippen LogP contribution < -0.4 is 10.6 Å². The van der Waals surface area contributed by atoms with Gasteiger partial charge in [-0.05, 0) is 32.1 Å². The Morgan fingerprint density at radius 1 is 1.05 bits per heavy atom. The zero-order valence-corrected chi connectivity index (χ0v) is 12.3. The van der Waals surface area contributed by atoms with Gasteiger partial charge in [0.25, 0.3) is 0 Å². The highest BCUT2D eigenvalue weighted by atomic mass is 16.4. The average Bonchev–Trinajstić information content (AvgIpc) is 2.95. The van der Waals surface area contributed by atoms with Crippen LogP contribution in [0.25, 0.3) is 0 Å². The average molecular weight is 297 g/mol. The van der Waals surface area contributed by atoms with Crippen molar-refractivity contribution in [3.05, 3.63) is 0 Å². The number of carbonyl (C=O) groups excluding carboxylic acids is 2. The molecule has 3 N–H and O–H groups in total. The van der Waals surface area contributed by atoms with Crippen LogP contribution in [0.2, 0.25) is 0 Å². The highest BCUT2D eigenvalue weighted by Gasteiger charge is 2.32. The van der Waals surface area contributed by atoms with Crippen molar-refractivity contribution in [2.75, 3.05) is 20.1 Å². The van der Waals surface area contributed by atoms with E-state index >= 15 is 0 Å². The highest BCUT2D eigenvalue weighted by Crippen LogP contribution is 2.26. The molecule has 7 nitrogen and oxygen atoms in total. The molecule has 7 heteroatoms. The van der Waals surface area contributed by atoms with Crippen LogP contribution in [-0.2, 0) is 9.59 Å². The quantitative estimate of drug-likeness (QED) is 0.702. The largest absolute Gasteiger partial charge is 0.481 e. The van der Waals surface area contributed by atoms with E-state index in [-0.39, 0.29) is 29.8 Å². The summed E-state index contributed by atoms with van der Waals surface area (Å²) >= 11 is 0. The molecule has 3 amide bonds. The third-order valence-corrected chi connectivity index (χ3v) is 4.51. The highest BCUT2D eigenvalue weighted by molar-refractivity contribution is 5.79. The maximum atomic E-state index is 12.1. The molecule has 2 fully saturated rings. The van der Waals surface area contributed by atoms with E-state index in [0.717, 1.165) is 6.42 Å². The molecule has 0 spiro atoms. The molecular formula is C14H23N3O4. The number of hydrogen-bond acceptors (Lipinski definition) is 3. The van der Waals surface area contributed by atoms with Gasteiger partial charge in [-0.1, -0.05) is 0 Å². The molecule has 2 rings (SSSR count). The lowest BCUT2D eigenvalue weighted by atomic mass is 9.96. The topological polar surface area (TPSA) is 98.7 Å². The van der Waals surface area contributed by atoms with Crippen LogP contribution in [0.4, 0.5) is 4.79 Å². The molecule has 0 aromatic heterocycles. The van der Waals surface area contributed by atoms with E-state index in [4.69, 9.17) is 5.11 Å². The molecule has 2 aliphatic rings. The Hall–Kier alpha value is -1.79. The number of carboxylic acid groups (broad SMARTS) is 1. The van der Waals surface area contributed by atoms with E-state index in [1.165, 1.54) is 0 Å². The van der Waals surface area contributed by atoms with Gasteiger partial charge in [0.2, 0.25) is 5.91 Å². The van der Waals surface area contributed by atoms with E-state index in [2.05, 4.69) is 10.6 Å². The number of carbonyl (C=O) groups is 3. The number of carboxylic acids is 1. The first-order valence-corrected chi connectivity index (χ1v) is 7.51. The fraction of sp³-hybridized carbons (Fsp3) is 0.786. The molecule has 0 aromatic carbocycles. The summed E-state index contributed by atoms with van der Waals surface area (Å²) in [6, 6.07) is -0.184. The summed E-state index contributed by atoms with van der Waals surface area (Å²) in [5.41, 5.74) is 0. The standard InChI is InChI=1S/C14H23N3O4/c1-15-12(18)9-4-6-17(7-5-9)14(21)16-11-3-2-10(8-11)13(19)20/h9-11H,2-8H2,1H3,(H,15,18)(H,16,21)(H,19,20). The number of nitrogens with one attached hydrogen (secondary N) is 2. The Morgan fingerprint density at radius 2 is 1.71 bits per heavy atom. The van der Waals surface area contributed by atoms with Gasteiger partial charge < -0.3 is 20.6 Å². The van der Waals surface area contributed by atoms with E-state index < -0.39 is 5.97 Å². The number of nitrogens with zero attached hydrogens (tertiary/aromatic N) is 1. The van der Waals surface area contributed by atoms with E-state index in [1.54, 1.807) is 11.9 Å². The molecule has 1 saturated heterocycles. The summed E-state index contributed by atoms with van der Waals surface area (Å²) in [6.07, 6.45) is 3.21. The van der Waals surface area contributed by atoms with Crippen LogP contribution in [0.5, 0.6) is 0 Å². The van der Waals surface area contributed by atoms with E-state index in [1.807, 2.05) is 0 Å². The lowest BCUT2D eigenvalue weighted by Crippen LogP contribution is -2.48. The van der Waals surface area contributed by atoms with E-state index in [0.29, 0.717) is 38.8 Å². The first kappa shape index (κ1) is 15.6. The summed E-state index contributed by atoms with van der Waals surface area (Å²) in [4.78, 5) is 36.3. The van der Waals surface area contributed by atoms with Crippen molar-refractivity contribution in [1.82, 2.24) is 15.5 Å². The van der Waals surface area contributed by atoms with Crippen LogP contribution in [0, 0.1) is 11.8 Å². The minimum absolute atomic E-state index is 0.0121.